The molecule has 6 nitrogen and oxygen atoms in total. The molecule has 26 heavy (non-hydrogen) atoms. The molecule has 0 radical (unpaired) electrons. The van der Waals surface area contributed by atoms with Crippen molar-refractivity contribution in [1.29, 1.82) is 0 Å². The molecule has 0 aliphatic rings. The largest absolute Gasteiger partial charge is 0.346 e. The summed E-state index contributed by atoms with van der Waals surface area (Å²) in [5.74, 6) is -0.0766. The Morgan fingerprint density at radius 3 is 2.50 bits per heavy atom. The average Bonchev–Trinajstić information content (AvgIpc) is 2.62. The van der Waals surface area contributed by atoms with Crippen LogP contribution in [-0.4, -0.2) is 28.9 Å². The fraction of sp³-hybridized carbons (Fsp3) is 0.350. The smallest absolute Gasteiger partial charge is 0.257 e. The zero-order chi connectivity index (χ0) is 19.2. The third kappa shape index (κ3) is 5.39. The highest BCUT2D eigenvalue weighted by Gasteiger charge is 2.26. The summed E-state index contributed by atoms with van der Waals surface area (Å²) < 4.78 is 0. The van der Waals surface area contributed by atoms with Crippen molar-refractivity contribution in [3.05, 3.63) is 59.9 Å². The first kappa shape index (κ1) is 19.6. The molecule has 0 spiro atoms. The second-order valence-electron chi connectivity index (χ2n) is 7.09. The van der Waals surface area contributed by atoms with E-state index in [1.165, 1.54) is 6.20 Å². The van der Waals surface area contributed by atoms with Crippen LogP contribution in [-0.2, 0) is 0 Å². The number of nitrogens with one attached hydrogen (secondary N) is 2. The fourth-order valence-electron chi connectivity index (χ4n) is 2.87. The molecule has 138 valence electrons. The van der Waals surface area contributed by atoms with E-state index in [0.29, 0.717) is 29.3 Å². The first-order valence-corrected chi connectivity index (χ1v) is 8.67. The number of anilines is 1. The van der Waals surface area contributed by atoms with Gasteiger partial charge in [-0.1, -0.05) is 19.9 Å². The summed E-state index contributed by atoms with van der Waals surface area (Å²) in [6.07, 6.45) is 3.88. The topological polar surface area (TPSA) is 97.1 Å². The molecule has 2 amide bonds. The number of carbonyl (C=O) groups is 2. The van der Waals surface area contributed by atoms with Crippen LogP contribution in [0.1, 0.15) is 47.9 Å². The number of nitrogens with two attached hydrogens (primary N) is 1. The van der Waals surface area contributed by atoms with Gasteiger partial charge < -0.3 is 16.4 Å². The summed E-state index contributed by atoms with van der Waals surface area (Å²) >= 11 is 0. The normalized spacial score (nSPS) is 13.1. The zero-order valence-electron chi connectivity index (χ0n) is 15.5. The first-order valence-electron chi connectivity index (χ1n) is 8.67. The minimum Gasteiger partial charge on any atom is -0.346 e. The van der Waals surface area contributed by atoms with Gasteiger partial charge in [-0.25, -0.2) is 0 Å². The quantitative estimate of drug-likeness (QED) is 0.712. The number of pyridine rings is 1. The Hall–Kier alpha value is -2.73. The van der Waals surface area contributed by atoms with Gasteiger partial charge in [0.2, 0.25) is 0 Å². The van der Waals surface area contributed by atoms with Crippen LogP contribution in [0, 0.1) is 5.92 Å². The molecule has 1 aromatic heterocycles. The van der Waals surface area contributed by atoms with Crippen molar-refractivity contribution >= 4 is 17.5 Å². The SMILES string of the molecule is CC(C)CC(C)(CN)NC(=O)c1cccc(NC(=O)c2cccnc2)c1. The van der Waals surface area contributed by atoms with Crippen LogP contribution in [0.25, 0.3) is 0 Å². The van der Waals surface area contributed by atoms with Gasteiger partial charge in [-0.05, 0) is 49.6 Å². The lowest BCUT2D eigenvalue weighted by Crippen LogP contribution is -2.52. The van der Waals surface area contributed by atoms with Crippen molar-refractivity contribution in [3.63, 3.8) is 0 Å². The van der Waals surface area contributed by atoms with E-state index in [2.05, 4.69) is 29.5 Å². The van der Waals surface area contributed by atoms with Crippen molar-refractivity contribution < 1.29 is 9.59 Å². The summed E-state index contributed by atoms with van der Waals surface area (Å²) in [5, 5.41) is 5.80. The maximum atomic E-state index is 12.6. The van der Waals surface area contributed by atoms with Crippen LogP contribution in [0.2, 0.25) is 0 Å². The lowest BCUT2D eigenvalue weighted by Gasteiger charge is -2.31. The summed E-state index contributed by atoms with van der Waals surface area (Å²) in [6.45, 7) is 6.48. The van der Waals surface area contributed by atoms with Gasteiger partial charge in [0.05, 0.1) is 5.56 Å². The van der Waals surface area contributed by atoms with Crippen LogP contribution in [0.5, 0.6) is 0 Å². The molecule has 0 aliphatic carbocycles. The lowest BCUT2D eigenvalue weighted by molar-refractivity contribution is 0.0897. The maximum Gasteiger partial charge on any atom is 0.257 e. The second kappa shape index (κ2) is 8.58. The summed E-state index contributed by atoms with van der Waals surface area (Å²) in [6, 6.07) is 10.2. The zero-order valence-corrected chi connectivity index (χ0v) is 15.5. The predicted molar refractivity (Wildman–Crippen MR) is 103 cm³/mol. The molecule has 1 unspecified atom stereocenters. The molecule has 0 saturated heterocycles. The number of hydrogen-bond acceptors (Lipinski definition) is 4. The van der Waals surface area contributed by atoms with Crippen LogP contribution in [0.15, 0.2) is 48.8 Å². The first-order chi connectivity index (χ1) is 12.3. The Morgan fingerprint density at radius 2 is 1.88 bits per heavy atom. The van der Waals surface area contributed by atoms with Crippen LogP contribution in [0.4, 0.5) is 5.69 Å². The van der Waals surface area contributed by atoms with E-state index in [1.807, 2.05) is 6.92 Å². The Kier molecular flexibility index (Phi) is 6.46. The van der Waals surface area contributed by atoms with Crippen LogP contribution in [0.3, 0.4) is 0 Å². The van der Waals surface area contributed by atoms with Gasteiger partial charge in [0, 0.05) is 35.7 Å². The third-order valence-corrected chi connectivity index (χ3v) is 4.03. The van der Waals surface area contributed by atoms with Gasteiger partial charge in [0.15, 0.2) is 0 Å². The van der Waals surface area contributed by atoms with Crippen molar-refractivity contribution in [2.24, 2.45) is 11.7 Å². The molecular weight excluding hydrogens is 328 g/mol. The number of amides is 2. The summed E-state index contributed by atoms with van der Waals surface area (Å²) in [7, 11) is 0. The van der Waals surface area contributed by atoms with E-state index in [9.17, 15) is 9.59 Å². The van der Waals surface area contributed by atoms with Crippen molar-refractivity contribution in [1.82, 2.24) is 10.3 Å². The standard InChI is InChI=1S/C20H26N4O2/c1-14(2)11-20(3,13-21)24-19(26)15-6-4-8-17(10-15)23-18(25)16-7-5-9-22-12-16/h4-10,12,14H,11,13,21H2,1-3H3,(H,23,25)(H,24,26). The van der Waals surface area contributed by atoms with Gasteiger partial charge >= 0.3 is 0 Å². The highest BCUT2D eigenvalue weighted by molar-refractivity contribution is 6.05. The third-order valence-electron chi connectivity index (χ3n) is 4.03. The molecule has 6 heteroatoms. The van der Waals surface area contributed by atoms with Gasteiger partial charge in [-0.15, -0.1) is 0 Å². The molecule has 4 N–H and O–H groups in total. The number of rotatable bonds is 7. The highest BCUT2D eigenvalue weighted by Crippen LogP contribution is 2.18. The molecule has 0 bridgehead atoms. The van der Waals surface area contributed by atoms with E-state index >= 15 is 0 Å². The second-order valence-corrected chi connectivity index (χ2v) is 7.09. The molecule has 0 saturated carbocycles. The predicted octanol–water partition coefficient (Wildman–Crippen LogP) is 2.83. The van der Waals surface area contributed by atoms with Crippen molar-refractivity contribution in [2.75, 3.05) is 11.9 Å². The average molecular weight is 354 g/mol. The fourth-order valence-corrected chi connectivity index (χ4v) is 2.87. The minimum absolute atomic E-state index is 0.212. The van der Waals surface area contributed by atoms with E-state index in [1.54, 1.807) is 42.6 Å². The molecule has 2 aromatic rings. The number of nitrogens with zero attached hydrogens (tertiary/aromatic N) is 1. The minimum atomic E-state index is -0.472. The van der Waals surface area contributed by atoms with Crippen LogP contribution < -0.4 is 16.4 Å². The number of hydrogen-bond donors (Lipinski definition) is 3. The molecule has 1 heterocycles. The van der Waals surface area contributed by atoms with E-state index in [4.69, 9.17) is 5.73 Å². The summed E-state index contributed by atoms with van der Waals surface area (Å²) in [5.41, 5.74) is 6.86. The van der Waals surface area contributed by atoms with Crippen LogP contribution >= 0.6 is 0 Å². The van der Waals surface area contributed by atoms with Gasteiger partial charge in [-0.2, -0.15) is 0 Å². The lowest BCUT2D eigenvalue weighted by atomic mass is 9.90. The monoisotopic (exact) mass is 354 g/mol. The molecule has 0 aliphatic heterocycles. The van der Waals surface area contributed by atoms with Crippen molar-refractivity contribution in [3.8, 4) is 0 Å². The molecule has 2 rings (SSSR count). The highest BCUT2D eigenvalue weighted by atomic mass is 16.2. The van der Waals surface area contributed by atoms with E-state index in [0.717, 1.165) is 6.42 Å². The Labute approximate surface area is 154 Å². The van der Waals surface area contributed by atoms with Crippen molar-refractivity contribution in [2.45, 2.75) is 32.7 Å². The number of benzene rings is 1. The van der Waals surface area contributed by atoms with Gasteiger partial charge in [-0.3, -0.25) is 14.6 Å². The van der Waals surface area contributed by atoms with E-state index in [-0.39, 0.29) is 11.8 Å². The summed E-state index contributed by atoms with van der Waals surface area (Å²) in [4.78, 5) is 28.8. The van der Waals surface area contributed by atoms with E-state index < -0.39 is 5.54 Å². The Balaban J connectivity index is 2.10. The Bertz CT molecular complexity index is 761. The number of aromatic nitrogens is 1. The molecular formula is C20H26N4O2. The molecule has 0 fully saturated rings. The molecule has 1 aromatic carbocycles. The number of carbonyl (C=O) groups excluding carboxylic acids is 2. The molecule has 1 atom stereocenters. The van der Waals surface area contributed by atoms with Gasteiger partial charge in [0.25, 0.3) is 11.8 Å². The Morgan fingerprint density at radius 1 is 1.15 bits per heavy atom. The van der Waals surface area contributed by atoms with Gasteiger partial charge in [0.1, 0.15) is 0 Å². The maximum absolute atomic E-state index is 12.6.